The Morgan fingerprint density at radius 2 is 2.31 bits per heavy atom. The number of nitrogens with zero attached hydrogens (tertiary/aromatic N) is 2. The Bertz CT molecular complexity index is 475. The summed E-state index contributed by atoms with van der Waals surface area (Å²) in [6.07, 6.45) is 1.53. The van der Waals surface area contributed by atoms with E-state index < -0.39 is 0 Å². The molecule has 0 aromatic carbocycles. The van der Waals surface area contributed by atoms with Gasteiger partial charge < -0.3 is 0 Å². The summed E-state index contributed by atoms with van der Waals surface area (Å²) in [7, 11) is 0. The molecule has 0 radical (unpaired) electrons. The molecule has 0 amide bonds. The summed E-state index contributed by atoms with van der Waals surface area (Å²) < 4.78 is 1.54. The number of halogens is 1. The van der Waals surface area contributed by atoms with E-state index in [1.807, 2.05) is 6.07 Å². The van der Waals surface area contributed by atoms with Crippen LogP contribution in [-0.4, -0.2) is 15.4 Å². The first kappa shape index (κ1) is 8.26. The lowest BCUT2D eigenvalue weighted by Gasteiger charge is -1.95. The highest BCUT2D eigenvalue weighted by Crippen LogP contribution is 2.16. The lowest BCUT2D eigenvalue weighted by Crippen LogP contribution is -1.92. The van der Waals surface area contributed by atoms with E-state index in [9.17, 15) is 4.79 Å². The predicted molar refractivity (Wildman–Crippen MR) is 50.2 cm³/mol. The smallest absolute Gasteiger partial charge is 0.163 e. The average Bonchev–Trinajstić information content (AvgIpc) is 2.48. The summed E-state index contributed by atoms with van der Waals surface area (Å²) in [5.41, 5.74) is 1.35. The molecule has 4 heteroatoms. The SMILES string of the molecule is CC(=O)c1cnn2c(Cl)cccc12. The summed E-state index contributed by atoms with van der Waals surface area (Å²) in [5, 5.41) is 4.51. The van der Waals surface area contributed by atoms with Crippen molar-refractivity contribution in [1.29, 1.82) is 0 Å². The van der Waals surface area contributed by atoms with Gasteiger partial charge in [0, 0.05) is 0 Å². The molecule has 2 heterocycles. The number of carbonyl (C=O) groups excluding carboxylic acids is 1. The summed E-state index contributed by atoms with van der Waals surface area (Å²) >= 11 is 5.86. The molecule has 0 atom stereocenters. The fourth-order valence-corrected chi connectivity index (χ4v) is 1.46. The fourth-order valence-electron chi connectivity index (χ4n) is 1.25. The maximum Gasteiger partial charge on any atom is 0.163 e. The Morgan fingerprint density at radius 3 is 3.00 bits per heavy atom. The summed E-state index contributed by atoms with van der Waals surface area (Å²) in [6.45, 7) is 1.51. The van der Waals surface area contributed by atoms with Crippen molar-refractivity contribution in [1.82, 2.24) is 9.61 Å². The van der Waals surface area contributed by atoms with Crippen molar-refractivity contribution < 1.29 is 4.79 Å². The third-order valence-corrected chi connectivity index (χ3v) is 2.16. The molecule has 0 aliphatic carbocycles. The van der Waals surface area contributed by atoms with E-state index in [0.29, 0.717) is 10.7 Å². The van der Waals surface area contributed by atoms with Crippen molar-refractivity contribution in [3.63, 3.8) is 0 Å². The van der Waals surface area contributed by atoms with Gasteiger partial charge in [-0.15, -0.1) is 0 Å². The number of fused-ring (bicyclic) bond motifs is 1. The number of ketones is 1. The summed E-state index contributed by atoms with van der Waals surface area (Å²) in [4.78, 5) is 11.1. The van der Waals surface area contributed by atoms with Gasteiger partial charge in [-0.1, -0.05) is 17.7 Å². The Balaban J connectivity index is 2.83. The topological polar surface area (TPSA) is 34.4 Å². The quantitative estimate of drug-likeness (QED) is 0.515. The van der Waals surface area contributed by atoms with Crippen LogP contribution in [0.5, 0.6) is 0 Å². The first-order valence-corrected chi connectivity index (χ1v) is 4.21. The minimum absolute atomic E-state index is 0.00253. The third kappa shape index (κ3) is 1.21. The van der Waals surface area contributed by atoms with Gasteiger partial charge in [-0.25, -0.2) is 4.52 Å². The summed E-state index contributed by atoms with van der Waals surface area (Å²) in [5.74, 6) is -0.00253. The molecule has 2 aromatic heterocycles. The van der Waals surface area contributed by atoms with Gasteiger partial charge in [0.05, 0.1) is 17.3 Å². The van der Waals surface area contributed by atoms with Gasteiger partial charge in [-0.3, -0.25) is 4.79 Å². The van der Waals surface area contributed by atoms with Crippen LogP contribution in [0.2, 0.25) is 5.15 Å². The molecule has 0 spiro atoms. The monoisotopic (exact) mass is 194 g/mol. The second-order valence-electron chi connectivity index (χ2n) is 2.76. The molecule has 0 saturated heterocycles. The Morgan fingerprint density at radius 1 is 1.54 bits per heavy atom. The van der Waals surface area contributed by atoms with Gasteiger partial charge in [0.15, 0.2) is 5.78 Å². The first-order valence-electron chi connectivity index (χ1n) is 3.83. The molecule has 0 bridgehead atoms. The minimum Gasteiger partial charge on any atom is -0.294 e. The number of carbonyl (C=O) groups is 1. The Labute approximate surface area is 79.9 Å². The first-order chi connectivity index (χ1) is 6.20. The highest BCUT2D eigenvalue weighted by atomic mass is 35.5. The zero-order valence-electron chi connectivity index (χ0n) is 6.99. The van der Waals surface area contributed by atoms with Crippen molar-refractivity contribution in [2.75, 3.05) is 0 Å². The van der Waals surface area contributed by atoms with Crippen LogP contribution in [-0.2, 0) is 0 Å². The molecule has 13 heavy (non-hydrogen) atoms. The molecule has 0 saturated carbocycles. The van der Waals surface area contributed by atoms with Crippen molar-refractivity contribution in [3.8, 4) is 0 Å². The maximum atomic E-state index is 11.1. The van der Waals surface area contributed by atoms with E-state index in [1.165, 1.54) is 17.6 Å². The number of pyridine rings is 1. The molecule has 3 nitrogen and oxygen atoms in total. The second-order valence-corrected chi connectivity index (χ2v) is 3.15. The zero-order chi connectivity index (χ0) is 9.42. The lowest BCUT2D eigenvalue weighted by molar-refractivity contribution is 0.101. The zero-order valence-corrected chi connectivity index (χ0v) is 7.75. The Kier molecular flexibility index (Phi) is 1.81. The Hall–Kier alpha value is -1.35. The summed E-state index contributed by atoms with van der Waals surface area (Å²) in [6, 6.07) is 5.34. The molecule has 2 aromatic rings. The lowest BCUT2D eigenvalue weighted by atomic mass is 10.2. The number of hydrogen-bond donors (Lipinski definition) is 0. The van der Waals surface area contributed by atoms with Crippen molar-refractivity contribution in [2.45, 2.75) is 6.92 Å². The van der Waals surface area contributed by atoms with E-state index >= 15 is 0 Å². The molecule has 0 fully saturated rings. The third-order valence-electron chi connectivity index (χ3n) is 1.88. The predicted octanol–water partition coefficient (Wildman–Crippen LogP) is 2.19. The molecular formula is C9H7ClN2O. The highest BCUT2D eigenvalue weighted by molar-refractivity contribution is 6.29. The van der Waals surface area contributed by atoms with E-state index in [1.54, 1.807) is 12.1 Å². The molecule has 0 aliphatic heterocycles. The number of Topliss-reactive ketones (excluding diaryl/α,β-unsaturated/α-hetero) is 1. The van der Waals surface area contributed by atoms with Gasteiger partial charge in [-0.2, -0.15) is 5.10 Å². The second kappa shape index (κ2) is 2.85. The van der Waals surface area contributed by atoms with Crippen LogP contribution in [0.3, 0.4) is 0 Å². The molecule has 0 unspecified atom stereocenters. The van der Waals surface area contributed by atoms with Gasteiger partial charge >= 0.3 is 0 Å². The molecule has 0 N–H and O–H groups in total. The van der Waals surface area contributed by atoms with Crippen molar-refractivity contribution in [3.05, 3.63) is 35.1 Å². The van der Waals surface area contributed by atoms with E-state index in [-0.39, 0.29) is 5.78 Å². The normalized spacial score (nSPS) is 10.6. The van der Waals surface area contributed by atoms with Crippen LogP contribution in [0.1, 0.15) is 17.3 Å². The molecule has 66 valence electrons. The van der Waals surface area contributed by atoms with Gasteiger partial charge in [-0.05, 0) is 19.1 Å². The van der Waals surface area contributed by atoms with Crippen LogP contribution in [0.4, 0.5) is 0 Å². The standard InChI is InChI=1S/C9H7ClN2O/c1-6(13)7-5-11-12-8(7)3-2-4-9(12)10/h2-5H,1H3. The van der Waals surface area contributed by atoms with Crippen LogP contribution >= 0.6 is 11.6 Å². The molecule has 0 aliphatic rings. The number of aromatic nitrogens is 2. The van der Waals surface area contributed by atoms with Crippen molar-refractivity contribution >= 4 is 22.9 Å². The van der Waals surface area contributed by atoms with Crippen LogP contribution in [0.15, 0.2) is 24.4 Å². The van der Waals surface area contributed by atoms with Gasteiger partial charge in [0.1, 0.15) is 5.15 Å². The average molecular weight is 195 g/mol. The number of hydrogen-bond acceptors (Lipinski definition) is 2. The molecular weight excluding hydrogens is 188 g/mol. The maximum absolute atomic E-state index is 11.1. The molecule has 2 rings (SSSR count). The fraction of sp³-hybridized carbons (Fsp3) is 0.111. The van der Waals surface area contributed by atoms with E-state index in [2.05, 4.69) is 5.10 Å². The number of rotatable bonds is 1. The van der Waals surface area contributed by atoms with Gasteiger partial charge in [0.2, 0.25) is 0 Å². The van der Waals surface area contributed by atoms with Gasteiger partial charge in [0.25, 0.3) is 0 Å². The highest BCUT2D eigenvalue weighted by Gasteiger charge is 2.08. The van der Waals surface area contributed by atoms with Crippen LogP contribution in [0, 0.1) is 0 Å². The van der Waals surface area contributed by atoms with E-state index in [4.69, 9.17) is 11.6 Å². The van der Waals surface area contributed by atoms with Crippen LogP contribution in [0.25, 0.3) is 5.52 Å². The van der Waals surface area contributed by atoms with E-state index in [0.717, 1.165) is 5.52 Å². The minimum atomic E-state index is -0.00253. The van der Waals surface area contributed by atoms with Crippen molar-refractivity contribution in [2.24, 2.45) is 0 Å². The largest absolute Gasteiger partial charge is 0.294 e. The van der Waals surface area contributed by atoms with Crippen LogP contribution < -0.4 is 0 Å².